The van der Waals surface area contributed by atoms with Gasteiger partial charge < -0.3 is 15.0 Å². The zero-order chi connectivity index (χ0) is 27.6. The van der Waals surface area contributed by atoms with Gasteiger partial charge in [-0.1, -0.05) is 30.8 Å². The number of ether oxygens (including phenoxy) is 1. The number of nitrogens with zero attached hydrogens (tertiary/aromatic N) is 5. The maximum atomic E-state index is 12.4. The van der Waals surface area contributed by atoms with E-state index < -0.39 is 0 Å². The number of fused-ring (bicyclic) bond motifs is 1. The van der Waals surface area contributed by atoms with E-state index in [9.17, 15) is 9.59 Å². The van der Waals surface area contributed by atoms with Crippen LogP contribution in [-0.4, -0.2) is 69.6 Å². The second-order valence-electron chi connectivity index (χ2n) is 10.8. The Labute approximate surface area is 229 Å². The predicted octanol–water partition coefficient (Wildman–Crippen LogP) is 3.88. The molecule has 0 bridgehead atoms. The largest absolute Gasteiger partial charge is 0.381 e. The third kappa shape index (κ3) is 5.33. The molecular formula is C30H38N6O3. The number of carbonyl (C=O) groups excluding carboxylic acids is 1. The second-order valence-corrected chi connectivity index (χ2v) is 10.8. The SMILES string of the molecule is C=CC(=O)N1CCN(C2(c3ccc([C@H](C)Nc4ncc5ccc(=O)n(C(C)C)c5n4)cc3)CCOCC2)CC1. The van der Waals surface area contributed by atoms with Crippen molar-refractivity contribution in [1.29, 1.82) is 0 Å². The number of amides is 1. The Morgan fingerprint density at radius 1 is 1.05 bits per heavy atom. The lowest BCUT2D eigenvalue weighted by atomic mass is 9.80. The molecule has 4 heterocycles. The molecule has 2 fully saturated rings. The number of anilines is 1. The summed E-state index contributed by atoms with van der Waals surface area (Å²) in [7, 11) is 0. The number of nitrogens with one attached hydrogen (secondary N) is 1. The summed E-state index contributed by atoms with van der Waals surface area (Å²) in [5.41, 5.74) is 2.88. The van der Waals surface area contributed by atoms with Gasteiger partial charge in [-0.15, -0.1) is 0 Å². The smallest absolute Gasteiger partial charge is 0.252 e. The van der Waals surface area contributed by atoms with Gasteiger partial charge in [0.15, 0.2) is 0 Å². The lowest BCUT2D eigenvalue weighted by Crippen LogP contribution is -2.58. The Morgan fingerprint density at radius 3 is 2.38 bits per heavy atom. The highest BCUT2D eigenvalue weighted by molar-refractivity contribution is 5.87. The number of benzene rings is 1. The van der Waals surface area contributed by atoms with E-state index in [1.807, 2.05) is 18.7 Å². The van der Waals surface area contributed by atoms with Crippen molar-refractivity contribution in [3.05, 3.63) is 76.7 Å². The molecule has 5 rings (SSSR count). The van der Waals surface area contributed by atoms with Gasteiger partial charge in [-0.3, -0.25) is 19.1 Å². The van der Waals surface area contributed by atoms with Crippen molar-refractivity contribution in [1.82, 2.24) is 24.3 Å². The molecule has 0 radical (unpaired) electrons. The summed E-state index contributed by atoms with van der Waals surface area (Å²) in [5.74, 6) is 0.497. The molecule has 1 N–H and O–H groups in total. The van der Waals surface area contributed by atoms with E-state index in [1.54, 1.807) is 22.9 Å². The monoisotopic (exact) mass is 530 g/mol. The molecule has 0 saturated carbocycles. The molecule has 9 nitrogen and oxygen atoms in total. The fourth-order valence-corrected chi connectivity index (χ4v) is 5.95. The molecule has 3 aromatic rings. The topological polar surface area (TPSA) is 92.6 Å². The first-order chi connectivity index (χ1) is 18.8. The number of hydrogen-bond donors (Lipinski definition) is 1. The van der Waals surface area contributed by atoms with E-state index in [2.05, 4.69) is 53.0 Å². The summed E-state index contributed by atoms with van der Waals surface area (Å²) in [6.45, 7) is 14.2. The van der Waals surface area contributed by atoms with Crippen LogP contribution >= 0.6 is 0 Å². The Morgan fingerprint density at radius 2 is 1.74 bits per heavy atom. The van der Waals surface area contributed by atoms with Crippen molar-refractivity contribution in [2.75, 3.05) is 44.7 Å². The number of carbonyl (C=O) groups is 1. The normalized spacial score (nSPS) is 18.7. The Balaban J connectivity index is 1.35. The standard InChI is InChI=1S/C30H38N6O3/c1-5-26(37)34-14-16-35(17-15-34)30(12-18-39-19-13-30)25-9-6-23(7-10-25)22(4)32-29-31-20-24-8-11-27(38)36(21(2)3)28(24)33-29/h5-11,20-22H,1,12-19H2,2-4H3,(H,31,32,33)/t22-/m0/s1. The fraction of sp³-hybridized carbons (Fsp3) is 0.467. The Kier molecular flexibility index (Phi) is 7.81. The molecule has 0 unspecified atom stereocenters. The number of hydrogen-bond acceptors (Lipinski definition) is 7. The van der Waals surface area contributed by atoms with E-state index in [1.165, 1.54) is 11.6 Å². The molecule has 39 heavy (non-hydrogen) atoms. The van der Waals surface area contributed by atoms with Crippen LogP contribution in [0.3, 0.4) is 0 Å². The Bertz CT molecular complexity index is 1390. The summed E-state index contributed by atoms with van der Waals surface area (Å²) in [6.07, 6.45) is 5.02. The van der Waals surface area contributed by atoms with Crippen LogP contribution in [0.15, 0.2) is 60.0 Å². The molecule has 2 aliphatic heterocycles. The Hall–Kier alpha value is -3.56. The molecule has 1 atom stereocenters. The third-order valence-electron chi connectivity index (χ3n) is 8.17. The van der Waals surface area contributed by atoms with Gasteiger partial charge in [0, 0.05) is 63.1 Å². The summed E-state index contributed by atoms with van der Waals surface area (Å²) in [5, 5.41) is 4.25. The van der Waals surface area contributed by atoms with Crippen molar-refractivity contribution in [3.8, 4) is 0 Å². The molecule has 0 spiro atoms. The number of aromatic nitrogens is 3. The quantitative estimate of drug-likeness (QED) is 0.464. The molecule has 2 aromatic heterocycles. The van der Waals surface area contributed by atoms with Gasteiger partial charge in [-0.2, -0.15) is 4.98 Å². The van der Waals surface area contributed by atoms with Crippen LogP contribution < -0.4 is 10.9 Å². The molecule has 0 aliphatic carbocycles. The van der Waals surface area contributed by atoms with Crippen LogP contribution in [0.1, 0.15) is 56.8 Å². The van der Waals surface area contributed by atoms with Crippen molar-refractivity contribution in [2.45, 2.75) is 51.2 Å². The summed E-state index contributed by atoms with van der Waals surface area (Å²) in [6, 6.07) is 12.1. The third-order valence-corrected chi connectivity index (χ3v) is 8.17. The van der Waals surface area contributed by atoms with Crippen molar-refractivity contribution >= 4 is 22.9 Å². The molecule has 2 aliphatic rings. The van der Waals surface area contributed by atoms with Crippen molar-refractivity contribution < 1.29 is 9.53 Å². The average molecular weight is 531 g/mol. The van der Waals surface area contributed by atoms with Gasteiger partial charge in [0.1, 0.15) is 5.65 Å². The van der Waals surface area contributed by atoms with Gasteiger partial charge in [-0.05, 0) is 56.9 Å². The molecular weight excluding hydrogens is 492 g/mol. The van der Waals surface area contributed by atoms with Crippen LogP contribution in [0.5, 0.6) is 0 Å². The molecule has 1 aromatic carbocycles. The molecule has 1 amide bonds. The number of piperazine rings is 1. The summed E-state index contributed by atoms with van der Waals surface area (Å²) >= 11 is 0. The minimum atomic E-state index is -0.0985. The second kappa shape index (κ2) is 11.3. The highest BCUT2D eigenvalue weighted by Gasteiger charge is 2.41. The number of pyridine rings is 1. The van der Waals surface area contributed by atoms with Gasteiger partial charge >= 0.3 is 0 Å². The highest BCUT2D eigenvalue weighted by atomic mass is 16.5. The van der Waals surface area contributed by atoms with Gasteiger partial charge in [0.25, 0.3) is 5.56 Å². The zero-order valence-electron chi connectivity index (χ0n) is 23.1. The van der Waals surface area contributed by atoms with Crippen molar-refractivity contribution in [3.63, 3.8) is 0 Å². The van der Waals surface area contributed by atoms with Gasteiger partial charge in [-0.25, -0.2) is 4.98 Å². The highest BCUT2D eigenvalue weighted by Crippen LogP contribution is 2.39. The first kappa shape index (κ1) is 27.0. The van der Waals surface area contributed by atoms with Crippen LogP contribution in [0.25, 0.3) is 11.0 Å². The minimum Gasteiger partial charge on any atom is -0.381 e. The summed E-state index contributed by atoms with van der Waals surface area (Å²) in [4.78, 5) is 38.1. The van der Waals surface area contributed by atoms with Gasteiger partial charge in [0.05, 0.1) is 11.6 Å². The van der Waals surface area contributed by atoms with Gasteiger partial charge in [0.2, 0.25) is 11.9 Å². The molecule has 9 heteroatoms. The molecule has 2 saturated heterocycles. The molecule has 206 valence electrons. The summed E-state index contributed by atoms with van der Waals surface area (Å²) < 4.78 is 7.45. The van der Waals surface area contributed by atoms with E-state index in [0.29, 0.717) is 24.7 Å². The van der Waals surface area contributed by atoms with Crippen LogP contribution in [0.2, 0.25) is 0 Å². The van der Waals surface area contributed by atoms with E-state index >= 15 is 0 Å². The maximum absolute atomic E-state index is 12.4. The minimum absolute atomic E-state index is 0.00289. The maximum Gasteiger partial charge on any atom is 0.252 e. The predicted molar refractivity (Wildman–Crippen MR) is 153 cm³/mol. The fourth-order valence-electron chi connectivity index (χ4n) is 5.95. The average Bonchev–Trinajstić information content (AvgIpc) is 2.97. The van der Waals surface area contributed by atoms with Crippen LogP contribution in [-0.2, 0) is 15.1 Å². The first-order valence-electron chi connectivity index (χ1n) is 13.8. The lowest BCUT2D eigenvalue weighted by Gasteiger charge is -2.50. The first-order valence-corrected chi connectivity index (χ1v) is 13.8. The zero-order valence-corrected chi connectivity index (χ0v) is 23.1. The van der Waals surface area contributed by atoms with E-state index in [4.69, 9.17) is 9.72 Å². The van der Waals surface area contributed by atoms with Crippen molar-refractivity contribution in [2.24, 2.45) is 0 Å². The van der Waals surface area contributed by atoms with Crippen LogP contribution in [0.4, 0.5) is 5.95 Å². The lowest BCUT2D eigenvalue weighted by molar-refractivity contribution is -0.130. The van der Waals surface area contributed by atoms with E-state index in [-0.39, 0.29) is 29.1 Å². The van der Waals surface area contributed by atoms with E-state index in [0.717, 1.165) is 50.1 Å². The number of rotatable bonds is 7. The van der Waals surface area contributed by atoms with Crippen LogP contribution in [0, 0.1) is 0 Å².